The maximum Gasteiger partial charge on any atom is 0.408 e. The van der Waals surface area contributed by atoms with Crippen molar-refractivity contribution in [2.24, 2.45) is 5.92 Å². The molecule has 0 bridgehead atoms. The van der Waals surface area contributed by atoms with Crippen molar-refractivity contribution in [1.82, 2.24) is 15.6 Å². The first-order valence-electron chi connectivity index (χ1n) is 10.9. The molecule has 2 rings (SSSR count). The van der Waals surface area contributed by atoms with E-state index in [-0.39, 0.29) is 17.5 Å². The molecule has 9 nitrogen and oxygen atoms in total. The number of rotatable bonds is 9. The van der Waals surface area contributed by atoms with Gasteiger partial charge in [-0.05, 0) is 45.1 Å². The van der Waals surface area contributed by atoms with Gasteiger partial charge in [0.05, 0.1) is 21.7 Å². The van der Waals surface area contributed by atoms with Gasteiger partial charge in [-0.15, -0.1) is 11.3 Å². The van der Waals surface area contributed by atoms with Gasteiger partial charge in [0.15, 0.2) is 0 Å². The summed E-state index contributed by atoms with van der Waals surface area (Å²) in [7, 11) is 0. The first-order valence-corrected chi connectivity index (χ1v) is 11.7. The lowest BCUT2D eigenvalue weighted by Crippen LogP contribution is -2.51. The third-order valence-electron chi connectivity index (χ3n) is 4.75. The van der Waals surface area contributed by atoms with E-state index in [0.717, 1.165) is 17.0 Å². The lowest BCUT2D eigenvalue weighted by molar-refractivity contribution is -0.384. The van der Waals surface area contributed by atoms with E-state index in [9.17, 15) is 19.7 Å². The number of aromatic nitrogens is 1. The quantitative estimate of drug-likeness (QED) is 0.404. The van der Waals surface area contributed by atoms with Crippen LogP contribution in [-0.4, -0.2) is 33.6 Å². The minimum atomic E-state index is -0.802. The summed E-state index contributed by atoms with van der Waals surface area (Å²) in [5.74, 6) is -0.534. The van der Waals surface area contributed by atoms with Crippen molar-refractivity contribution in [3.63, 3.8) is 0 Å². The number of thiazole rings is 1. The van der Waals surface area contributed by atoms with Crippen molar-refractivity contribution < 1.29 is 19.2 Å². The molecule has 0 unspecified atom stereocenters. The number of nitrogens with one attached hydrogen (secondary N) is 2. The third kappa shape index (κ3) is 8.12. The fourth-order valence-electron chi connectivity index (χ4n) is 3.10. The molecule has 0 fully saturated rings. The van der Waals surface area contributed by atoms with E-state index in [1.807, 2.05) is 26.2 Å². The standard InChI is InChI=1S/C23H32N4O5S/c1-7-19-24-18(13-33-19)17(12-15-8-10-16(11-9-15)27(30)31)25-21(28)20(14(2)3)26-22(29)32-23(4,5)6/h8-11,13-14,17,20H,7,12H2,1-6H3,(H,25,28)(H,26,29)/t17-,20-/m0/s1. The highest BCUT2D eigenvalue weighted by atomic mass is 32.1. The van der Waals surface area contributed by atoms with Gasteiger partial charge in [0.25, 0.3) is 5.69 Å². The predicted octanol–water partition coefficient (Wildman–Crippen LogP) is 4.56. The molecule has 0 saturated carbocycles. The molecule has 2 amide bonds. The van der Waals surface area contributed by atoms with Crippen LogP contribution in [0.2, 0.25) is 0 Å². The highest BCUT2D eigenvalue weighted by Crippen LogP contribution is 2.23. The van der Waals surface area contributed by atoms with Crippen LogP contribution in [0.25, 0.3) is 0 Å². The van der Waals surface area contributed by atoms with E-state index < -0.39 is 28.7 Å². The molecule has 180 valence electrons. The Balaban J connectivity index is 2.23. The largest absolute Gasteiger partial charge is 0.444 e. The number of alkyl carbamates (subject to hydrolysis) is 1. The Morgan fingerprint density at radius 3 is 2.30 bits per heavy atom. The van der Waals surface area contributed by atoms with Crippen molar-refractivity contribution in [2.45, 2.75) is 72.1 Å². The Morgan fingerprint density at radius 2 is 1.82 bits per heavy atom. The molecule has 0 aliphatic heterocycles. The van der Waals surface area contributed by atoms with Gasteiger partial charge in [-0.25, -0.2) is 9.78 Å². The van der Waals surface area contributed by atoms with Gasteiger partial charge in [-0.3, -0.25) is 14.9 Å². The zero-order valence-corrected chi connectivity index (χ0v) is 20.7. The molecule has 1 aromatic heterocycles. The number of nitrogens with zero attached hydrogens (tertiary/aromatic N) is 2. The molecule has 2 aromatic rings. The summed E-state index contributed by atoms with van der Waals surface area (Å²) in [6.07, 6.45) is 0.510. The van der Waals surface area contributed by atoms with Crippen molar-refractivity contribution in [3.8, 4) is 0 Å². The number of hydrogen-bond donors (Lipinski definition) is 2. The van der Waals surface area contributed by atoms with Gasteiger partial charge in [-0.2, -0.15) is 0 Å². The molecular formula is C23H32N4O5S. The van der Waals surface area contributed by atoms with Gasteiger partial charge in [-0.1, -0.05) is 32.9 Å². The number of benzene rings is 1. The van der Waals surface area contributed by atoms with E-state index in [0.29, 0.717) is 12.1 Å². The van der Waals surface area contributed by atoms with Crippen LogP contribution in [0, 0.1) is 16.0 Å². The van der Waals surface area contributed by atoms with E-state index in [2.05, 4.69) is 15.6 Å². The zero-order chi connectivity index (χ0) is 24.8. The van der Waals surface area contributed by atoms with E-state index in [1.54, 1.807) is 32.9 Å². The lowest BCUT2D eigenvalue weighted by Gasteiger charge is -2.27. The van der Waals surface area contributed by atoms with Crippen LogP contribution >= 0.6 is 11.3 Å². The fraction of sp³-hybridized carbons (Fsp3) is 0.522. The lowest BCUT2D eigenvalue weighted by atomic mass is 10.00. The first kappa shape index (κ1) is 26.2. The molecule has 0 saturated heterocycles. The van der Waals surface area contributed by atoms with Crippen LogP contribution in [0.3, 0.4) is 0 Å². The number of ether oxygens (including phenoxy) is 1. The van der Waals surface area contributed by atoms with E-state index in [4.69, 9.17) is 4.74 Å². The van der Waals surface area contributed by atoms with Gasteiger partial charge in [0.1, 0.15) is 11.6 Å². The van der Waals surface area contributed by atoms with Crippen molar-refractivity contribution in [3.05, 3.63) is 56.0 Å². The van der Waals surface area contributed by atoms with E-state index in [1.165, 1.54) is 23.5 Å². The molecule has 2 N–H and O–H groups in total. The minimum absolute atomic E-state index is 0.00250. The Labute approximate surface area is 198 Å². The summed E-state index contributed by atoms with van der Waals surface area (Å²) in [5.41, 5.74) is 0.849. The van der Waals surface area contributed by atoms with Gasteiger partial charge in [0.2, 0.25) is 5.91 Å². The van der Waals surface area contributed by atoms with Crippen LogP contribution < -0.4 is 10.6 Å². The second-order valence-corrected chi connectivity index (χ2v) is 10.0. The number of non-ortho nitro benzene ring substituents is 1. The van der Waals surface area contributed by atoms with Gasteiger partial charge in [0, 0.05) is 17.5 Å². The molecular weight excluding hydrogens is 444 g/mol. The Morgan fingerprint density at radius 1 is 1.18 bits per heavy atom. The molecule has 2 atom stereocenters. The number of aryl methyl sites for hydroxylation is 1. The number of nitro benzene ring substituents is 1. The van der Waals surface area contributed by atoms with Gasteiger partial charge < -0.3 is 15.4 Å². The monoisotopic (exact) mass is 476 g/mol. The first-order chi connectivity index (χ1) is 15.4. The van der Waals surface area contributed by atoms with Gasteiger partial charge >= 0.3 is 6.09 Å². The Bertz CT molecular complexity index is 966. The maximum absolute atomic E-state index is 13.2. The molecule has 0 radical (unpaired) electrons. The summed E-state index contributed by atoms with van der Waals surface area (Å²) < 4.78 is 5.31. The number of hydrogen-bond acceptors (Lipinski definition) is 7. The average molecular weight is 477 g/mol. The summed E-state index contributed by atoms with van der Waals surface area (Å²) in [5, 5.41) is 19.5. The summed E-state index contributed by atoms with van der Waals surface area (Å²) in [6, 6.07) is 4.95. The van der Waals surface area contributed by atoms with E-state index >= 15 is 0 Å². The third-order valence-corrected chi connectivity index (χ3v) is 5.77. The van der Waals surface area contributed by atoms with Crippen LogP contribution in [0.5, 0.6) is 0 Å². The SMILES string of the molecule is CCc1nc([C@H](Cc2ccc([N+](=O)[O-])cc2)NC(=O)[C@@H](NC(=O)OC(C)(C)C)C(C)C)cs1. The second kappa shape index (κ2) is 11.2. The fourth-order valence-corrected chi connectivity index (χ4v) is 3.90. The molecule has 10 heteroatoms. The molecule has 0 spiro atoms. The maximum atomic E-state index is 13.2. The second-order valence-electron chi connectivity index (χ2n) is 9.08. The van der Waals surface area contributed by atoms with Crippen molar-refractivity contribution >= 4 is 29.0 Å². The Hall–Kier alpha value is -3.01. The highest BCUT2D eigenvalue weighted by Gasteiger charge is 2.29. The van der Waals surface area contributed by atoms with Crippen LogP contribution in [0.4, 0.5) is 10.5 Å². The molecule has 0 aliphatic rings. The van der Waals surface area contributed by atoms with Crippen LogP contribution in [0.15, 0.2) is 29.6 Å². The number of nitro groups is 1. The van der Waals surface area contributed by atoms with Crippen molar-refractivity contribution in [1.29, 1.82) is 0 Å². The average Bonchev–Trinajstić information content (AvgIpc) is 3.19. The summed E-state index contributed by atoms with van der Waals surface area (Å²) >= 11 is 1.51. The predicted molar refractivity (Wildman–Crippen MR) is 127 cm³/mol. The normalized spacial score (nSPS) is 13.3. The minimum Gasteiger partial charge on any atom is -0.444 e. The molecule has 33 heavy (non-hydrogen) atoms. The topological polar surface area (TPSA) is 123 Å². The number of amides is 2. The zero-order valence-electron chi connectivity index (χ0n) is 19.9. The smallest absolute Gasteiger partial charge is 0.408 e. The Kier molecular flexibility index (Phi) is 8.92. The van der Waals surface area contributed by atoms with Crippen molar-refractivity contribution in [2.75, 3.05) is 0 Å². The summed E-state index contributed by atoms with van der Waals surface area (Å²) in [6.45, 7) is 10.9. The molecule has 1 aromatic carbocycles. The number of carbonyl (C=O) groups excluding carboxylic acids is 2. The van der Waals surface area contributed by atoms with Crippen LogP contribution in [0.1, 0.15) is 63.8 Å². The molecule has 1 heterocycles. The highest BCUT2D eigenvalue weighted by molar-refractivity contribution is 7.09. The molecule has 0 aliphatic carbocycles. The number of carbonyl (C=O) groups is 2. The van der Waals surface area contributed by atoms with Crippen LogP contribution in [-0.2, 0) is 22.4 Å². The summed E-state index contributed by atoms with van der Waals surface area (Å²) in [4.78, 5) is 40.6.